The summed E-state index contributed by atoms with van der Waals surface area (Å²) in [5.74, 6) is -0.501. The molecule has 1 rings (SSSR count). The van der Waals surface area contributed by atoms with E-state index >= 15 is 0 Å². The number of aromatic hydroxyl groups is 1. The van der Waals surface area contributed by atoms with Crippen molar-refractivity contribution in [3.8, 4) is 11.8 Å². The Labute approximate surface area is 98.9 Å². The van der Waals surface area contributed by atoms with E-state index in [2.05, 4.69) is 12.6 Å². The number of thiol groups is 1. The first kappa shape index (κ1) is 12.4. The molecule has 0 aromatic heterocycles. The van der Waals surface area contributed by atoms with Crippen molar-refractivity contribution in [3.05, 3.63) is 23.3 Å². The van der Waals surface area contributed by atoms with Gasteiger partial charge in [-0.25, -0.2) is 0 Å². The monoisotopic (exact) mass is 237 g/mol. The molecule has 0 aliphatic heterocycles. The average molecular weight is 237 g/mol. The van der Waals surface area contributed by atoms with Crippen LogP contribution in [0.25, 0.3) is 0 Å². The third kappa shape index (κ3) is 2.91. The van der Waals surface area contributed by atoms with Crippen LogP contribution in [0.15, 0.2) is 17.0 Å². The second kappa shape index (κ2) is 5.42. The van der Waals surface area contributed by atoms with Gasteiger partial charge in [0.2, 0.25) is 0 Å². The van der Waals surface area contributed by atoms with Gasteiger partial charge in [-0.15, -0.1) is 12.6 Å². The number of benzene rings is 1. The highest BCUT2D eigenvalue weighted by Crippen LogP contribution is 2.26. The van der Waals surface area contributed by atoms with Crippen LogP contribution in [0.5, 0.6) is 5.75 Å². The Morgan fingerprint density at radius 1 is 1.62 bits per heavy atom. The Bertz CT molecular complexity index is 451. The van der Waals surface area contributed by atoms with Crippen molar-refractivity contribution in [1.82, 2.24) is 0 Å². The van der Waals surface area contributed by atoms with Crippen molar-refractivity contribution in [2.24, 2.45) is 0 Å². The Hall–Kier alpha value is -1.67. The highest BCUT2D eigenvalue weighted by molar-refractivity contribution is 7.80. The van der Waals surface area contributed by atoms with Crippen LogP contribution < -0.4 is 0 Å². The van der Waals surface area contributed by atoms with Gasteiger partial charge in [0.1, 0.15) is 11.8 Å². The number of rotatable bonds is 3. The van der Waals surface area contributed by atoms with Gasteiger partial charge in [0, 0.05) is 0 Å². The maximum absolute atomic E-state index is 11.2. The number of nitriles is 1. The fourth-order valence-corrected chi connectivity index (χ4v) is 1.42. The number of hydrogen-bond donors (Lipinski definition) is 2. The predicted molar refractivity (Wildman–Crippen MR) is 60.4 cm³/mol. The lowest BCUT2D eigenvalue weighted by atomic mass is 10.1. The lowest BCUT2D eigenvalue weighted by molar-refractivity contribution is -0.142. The fraction of sp³-hybridized carbons (Fsp3) is 0.273. The Balaban J connectivity index is 2.95. The molecular weight excluding hydrogens is 226 g/mol. The number of nitrogens with zero attached hydrogens (tertiary/aromatic N) is 1. The zero-order valence-corrected chi connectivity index (χ0v) is 9.62. The molecule has 1 aromatic carbocycles. The maximum atomic E-state index is 11.2. The number of carbonyl (C=O) groups is 1. The lowest BCUT2D eigenvalue weighted by Crippen LogP contribution is -2.07. The molecule has 0 fully saturated rings. The van der Waals surface area contributed by atoms with Gasteiger partial charge in [-0.3, -0.25) is 4.79 Å². The van der Waals surface area contributed by atoms with Crippen LogP contribution in [0.3, 0.4) is 0 Å². The lowest BCUT2D eigenvalue weighted by Gasteiger charge is -2.05. The minimum absolute atomic E-state index is 0.0319. The van der Waals surface area contributed by atoms with Crippen molar-refractivity contribution in [3.63, 3.8) is 0 Å². The van der Waals surface area contributed by atoms with Crippen molar-refractivity contribution in [2.75, 3.05) is 6.61 Å². The van der Waals surface area contributed by atoms with E-state index in [0.29, 0.717) is 12.2 Å². The number of ether oxygens (including phenoxy) is 1. The first-order chi connectivity index (χ1) is 7.58. The van der Waals surface area contributed by atoms with Crippen LogP contribution in [0, 0.1) is 11.3 Å². The van der Waals surface area contributed by atoms with Gasteiger partial charge in [-0.1, -0.05) is 0 Å². The molecule has 0 bridgehead atoms. The van der Waals surface area contributed by atoms with Crippen molar-refractivity contribution in [1.29, 1.82) is 5.26 Å². The van der Waals surface area contributed by atoms with Gasteiger partial charge in [0.25, 0.3) is 0 Å². The summed E-state index contributed by atoms with van der Waals surface area (Å²) >= 11 is 3.98. The zero-order valence-electron chi connectivity index (χ0n) is 8.73. The number of phenolic OH excluding ortho intramolecular Hbond substituents is 1. The Morgan fingerprint density at radius 3 is 2.88 bits per heavy atom. The molecule has 0 unspecified atom stereocenters. The van der Waals surface area contributed by atoms with E-state index < -0.39 is 5.97 Å². The molecule has 0 aliphatic carbocycles. The predicted octanol–water partition coefficient (Wildman–Crippen LogP) is 1.66. The summed E-state index contributed by atoms with van der Waals surface area (Å²) in [5, 5.41) is 18.3. The molecule has 0 saturated carbocycles. The molecule has 0 amide bonds. The quantitative estimate of drug-likeness (QED) is 0.619. The molecule has 4 nitrogen and oxygen atoms in total. The standard InChI is InChI=1S/C11H11NO3S/c1-2-15-10(14)5-7-3-8(6-12)11(16)9(13)4-7/h3-4,13,16H,2,5H2,1H3. The molecule has 16 heavy (non-hydrogen) atoms. The van der Waals surface area contributed by atoms with Crippen molar-refractivity contribution >= 4 is 18.6 Å². The Kier molecular flexibility index (Phi) is 4.20. The number of esters is 1. The van der Waals surface area contributed by atoms with Crippen LogP contribution in [0.1, 0.15) is 18.1 Å². The molecule has 0 radical (unpaired) electrons. The minimum Gasteiger partial charge on any atom is -0.507 e. The van der Waals surface area contributed by atoms with E-state index in [0.717, 1.165) is 0 Å². The number of phenols is 1. The van der Waals surface area contributed by atoms with Gasteiger partial charge in [-0.05, 0) is 24.6 Å². The number of carbonyl (C=O) groups excluding carboxylic acids is 1. The first-order valence-electron chi connectivity index (χ1n) is 4.69. The van der Waals surface area contributed by atoms with E-state index in [9.17, 15) is 9.90 Å². The summed E-state index contributed by atoms with van der Waals surface area (Å²) in [4.78, 5) is 11.4. The SMILES string of the molecule is CCOC(=O)Cc1cc(O)c(S)c(C#N)c1. The van der Waals surface area contributed by atoms with Crippen LogP contribution in [0.4, 0.5) is 0 Å². The summed E-state index contributed by atoms with van der Waals surface area (Å²) in [6.07, 6.45) is 0.0319. The van der Waals surface area contributed by atoms with Crippen LogP contribution in [-0.4, -0.2) is 17.7 Å². The molecule has 0 spiro atoms. The van der Waals surface area contributed by atoms with Gasteiger partial charge in [0.15, 0.2) is 0 Å². The van der Waals surface area contributed by atoms with E-state index in [4.69, 9.17) is 10.00 Å². The summed E-state index contributed by atoms with van der Waals surface area (Å²) in [6.45, 7) is 2.02. The normalized spacial score (nSPS) is 9.56. The highest BCUT2D eigenvalue weighted by atomic mass is 32.1. The highest BCUT2D eigenvalue weighted by Gasteiger charge is 2.10. The third-order valence-electron chi connectivity index (χ3n) is 1.92. The summed E-state index contributed by atoms with van der Waals surface area (Å²) < 4.78 is 4.77. The molecule has 0 saturated heterocycles. The largest absolute Gasteiger partial charge is 0.507 e. The molecule has 0 aliphatic rings. The molecule has 1 aromatic rings. The zero-order chi connectivity index (χ0) is 12.1. The topological polar surface area (TPSA) is 70.3 Å². The van der Waals surface area contributed by atoms with Crippen LogP contribution in [0.2, 0.25) is 0 Å². The smallest absolute Gasteiger partial charge is 0.310 e. The summed E-state index contributed by atoms with van der Waals surface area (Å²) in [6, 6.07) is 4.81. The Morgan fingerprint density at radius 2 is 2.31 bits per heavy atom. The van der Waals surface area contributed by atoms with Crippen LogP contribution >= 0.6 is 12.6 Å². The molecule has 0 atom stereocenters. The third-order valence-corrected chi connectivity index (χ3v) is 2.39. The molecule has 0 heterocycles. The first-order valence-corrected chi connectivity index (χ1v) is 5.13. The summed E-state index contributed by atoms with van der Waals surface area (Å²) in [7, 11) is 0. The van der Waals surface area contributed by atoms with E-state index in [1.54, 1.807) is 6.92 Å². The number of hydrogen-bond acceptors (Lipinski definition) is 5. The van der Waals surface area contributed by atoms with Gasteiger partial charge >= 0.3 is 5.97 Å². The molecular formula is C11H11NO3S. The van der Waals surface area contributed by atoms with Crippen molar-refractivity contribution in [2.45, 2.75) is 18.2 Å². The molecule has 1 N–H and O–H groups in total. The second-order valence-corrected chi connectivity index (χ2v) is 3.55. The maximum Gasteiger partial charge on any atom is 0.310 e. The van der Waals surface area contributed by atoms with Crippen LogP contribution in [-0.2, 0) is 16.0 Å². The van der Waals surface area contributed by atoms with Gasteiger partial charge in [-0.2, -0.15) is 5.26 Å². The van der Waals surface area contributed by atoms with E-state index in [1.165, 1.54) is 12.1 Å². The fourth-order valence-electron chi connectivity index (χ4n) is 1.24. The second-order valence-electron chi connectivity index (χ2n) is 3.10. The molecule has 5 heteroatoms. The van der Waals surface area contributed by atoms with E-state index in [-0.39, 0.29) is 22.6 Å². The summed E-state index contributed by atoms with van der Waals surface area (Å²) in [5.41, 5.74) is 0.771. The van der Waals surface area contributed by atoms with Gasteiger partial charge in [0.05, 0.1) is 23.5 Å². The average Bonchev–Trinajstić information content (AvgIpc) is 2.23. The van der Waals surface area contributed by atoms with Crippen molar-refractivity contribution < 1.29 is 14.6 Å². The minimum atomic E-state index is -0.391. The molecule has 84 valence electrons. The van der Waals surface area contributed by atoms with Gasteiger partial charge < -0.3 is 9.84 Å². The van der Waals surface area contributed by atoms with E-state index in [1.807, 2.05) is 6.07 Å².